The fraction of sp³-hybridized carbons (Fsp3) is 0.765. The van der Waals surface area contributed by atoms with E-state index in [9.17, 15) is 9.59 Å². The van der Waals surface area contributed by atoms with Gasteiger partial charge in [0, 0.05) is 13.3 Å². The van der Waals surface area contributed by atoms with E-state index in [4.69, 9.17) is 4.74 Å². The standard InChI is InChI=1S/C17H28O3/c1-14-11-9-7-5-3-4-6-8-10-12-16(19)17(13-14)20-15(2)18/h7,9,14,17H,3-6,8,10-13H2,1-2H3. The van der Waals surface area contributed by atoms with Crippen LogP contribution in [0.1, 0.15) is 71.6 Å². The second-order valence-corrected chi connectivity index (χ2v) is 5.92. The van der Waals surface area contributed by atoms with Crippen molar-refractivity contribution in [2.75, 3.05) is 0 Å². The number of hydrogen-bond donors (Lipinski definition) is 0. The van der Waals surface area contributed by atoms with Gasteiger partial charge >= 0.3 is 5.97 Å². The number of Topliss-reactive ketones (excluding diaryl/α,β-unsaturated/α-hetero) is 1. The second-order valence-electron chi connectivity index (χ2n) is 5.92. The fourth-order valence-corrected chi connectivity index (χ4v) is 2.61. The summed E-state index contributed by atoms with van der Waals surface area (Å²) in [7, 11) is 0. The van der Waals surface area contributed by atoms with Gasteiger partial charge in [-0.2, -0.15) is 0 Å². The minimum Gasteiger partial charge on any atom is -0.455 e. The minimum atomic E-state index is -0.543. The molecule has 3 nitrogen and oxygen atoms in total. The summed E-state index contributed by atoms with van der Waals surface area (Å²) in [5, 5.41) is 0. The number of hydrogen-bond acceptors (Lipinski definition) is 3. The summed E-state index contributed by atoms with van der Waals surface area (Å²) in [5.41, 5.74) is 0. The Morgan fingerprint density at radius 1 is 1.15 bits per heavy atom. The first-order valence-corrected chi connectivity index (χ1v) is 7.94. The lowest BCUT2D eigenvalue weighted by Crippen LogP contribution is -2.28. The van der Waals surface area contributed by atoms with Crippen molar-refractivity contribution in [3.05, 3.63) is 12.2 Å². The molecule has 1 aliphatic carbocycles. The van der Waals surface area contributed by atoms with Gasteiger partial charge in [-0.3, -0.25) is 9.59 Å². The molecule has 0 aromatic carbocycles. The van der Waals surface area contributed by atoms with Gasteiger partial charge in [-0.25, -0.2) is 0 Å². The normalized spacial score (nSPS) is 26.8. The number of esters is 1. The quantitative estimate of drug-likeness (QED) is 0.534. The second kappa shape index (κ2) is 9.73. The lowest BCUT2D eigenvalue weighted by Gasteiger charge is -2.19. The molecule has 0 aliphatic heterocycles. The summed E-state index contributed by atoms with van der Waals surface area (Å²) in [6, 6.07) is 0. The van der Waals surface area contributed by atoms with E-state index in [0.717, 1.165) is 25.7 Å². The van der Waals surface area contributed by atoms with Crippen LogP contribution < -0.4 is 0 Å². The van der Waals surface area contributed by atoms with Crippen molar-refractivity contribution in [1.82, 2.24) is 0 Å². The molecule has 0 saturated carbocycles. The molecular weight excluding hydrogens is 252 g/mol. The predicted molar refractivity (Wildman–Crippen MR) is 80.4 cm³/mol. The van der Waals surface area contributed by atoms with E-state index in [2.05, 4.69) is 19.1 Å². The largest absolute Gasteiger partial charge is 0.455 e. The molecule has 1 rings (SSSR count). The molecule has 2 atom stereocenters. The van der Waals surface area contributed by atoms with Crippen LogP contribution in [0.15, 0.2) is 12.2 Å². The van der Waals surface area contributed by atoms with Gasteiger partial charge in [-0.15, -0.1) is 0 Å². The molecule has 114 valence electrons. The van der Waals surface area contributed by atoms with Gasteiger partial charge in [-0.05, 0) is 38.0 Å². The lowest BCUT2D eigenvalue weighted by atomic mass is 9.94. The molecule has 3 heteroatoms. The van der Waals surface area contributed by atoms with Crippen LogP contribution >= 0.6 is 0 Å². The number of ether oxygens (including phenoxy) is 1. The highest BCUT2D eigenvalue weighted by Gasteiger charge is 2.23. The van der Waals surface area contributed by atoms with Crippen molar-refractivity contribution in [1.29, 1.82) is 0 Å². The molecule has 0 bridgehead atoms. The zero-order valence-corrected chi connectivity index (χ0v) is 12.9. The lowest BCUT2D eigenvalue weighted by molar-refractivity contribution is -0.154. The molecule has 0 saturated heterocycles. The number of ketones is 1. The predicted octanol–water partition coefficient (Wildman–Crippen LogP) is 4.20. The van der Waals surface area contributed by atoms with Crippen molar-refractivity contribution in [2.45, 2.75) is 77.7 Å². The molecule has 0 aromatic rings. The summed E-state index contributed by atoms with van der Waals surface area (Å²) in [5.74, 6) is 0.0998. The van der Waals surface area contributed by atoms with Gasteiger partial charge in [0.05, 0.1) is 0 Å². The molecule has 0 radical (unpaired) electrons. The summed E-state index contributed by atoms with van der Waals surface area (Å²) < 4.78 is 5.22. The summed E-state index contributed by atoms with van der Waals surface area (Å²) in [6.07, 6.45) is 12.9. The zero-order valence-electron chi connectivity index (χ0n) is 12.9. The van der Waals surface area contributed by atoms with Crippen molar-refractivity contribution < 1.29 is 14.3 Å². The topological polar surface area (TPSA) is 43.4 Å². The Kier molecular flexibility index (Phi) is 8.24. The van der Waals surface area contributed by atoms with Crippen molar-refractivity contribution in [3.63, 3.8) is 0 Å². The minimum absolute atomic E-state index is 0.0908. The van der Waals surface area contributed by atoms with Crippen LogP contribution in [0, 0.1) is 5.92 Å². The Labute approximate surface area is 122 Å². The van der Waals surface area contributed by atoms with Gasteiger partial charge in [0.25, 0.3) is 0 Å². The first kappa shape index (κ1) is 16.9. The van der Waals surface area contributed by atoms with Gasteiger partial charge in [-0.1, -0.05) is 38.3 Å². The van der Waals surface area contributed by atoms with Gasteiger partial charge in [0.2, 0.25) is 0 Å². The highest BCUT2D eigenvalue weighted by Crippen LogP contribution is 2.18. The van der Waals surface area contributed by atoms with Crippen LogP contribution in [-0.2, 0) is 14.3 Å². The first-order chi connectivity index (χ1) is 9.59. The monoisotopic (exact) mass is 280 g/mol. The maximum atomic E-state index is 12.2. The number of rotatable bonds is 1. The van der Waals surface area contributed by atoms with Gasteiger partial charge < -0.3 is 4.74 Å². The van der Waals surface area contributed by atoms with E-state index >= 15 is 0 Å². The Morgan fingerprint density at radius 2 is 1.85 bits per heavy atom. The third kappa shape index (κ3) is 7.46. The molecule has 0 aromatic heterocycles. The van der Waals surface area contributed by atoms with E-state index in [1.54, 1.807) is 0 Å². The van der Waals surface area contributed by atoms with Crippen LogP contribution in [0.4, 0.5) is 0 Å². The Hall–Kier alpha value is -1.12. The number of carbonyl (C=O) groups excluding carboxylic acids is 2. The van der Waals surface area contributed by atoms with Gasteiger partial charge in [0.15, 0.2) is 11.9 Å². The van der Waals surface area contributed by atoms with E-state index in [1.807, 2.05) is 0 Å². The van der Waals surface area contributed by atoms with E-state index in [-0.39, 0.29) is 11.8 Å². The molecule has 0 spiro atoms. The highest BCUT2D eigenvalue weighted by molar-refractivity contribution is 5.85. The van der Waals surface area contributed by atoms with Crippen LogP contribution in [0.2, 0.25) is 0 Å². The molecule has 0 amide bonds. The Morgan fingerprint density at radius 3 is 2.60 bits per heavy atom. The molecule has 1 aliphatic rings. The van der Waals surface area contributed by atoms with Crippen LogP contribution in [-0.4, -0.2) is 17.9 Å². The number of allylic oxidation sites excluding steroid dienone is 2. The summed E-state index contributed by atoms with van der Waals surface area (Å²) in [6.45, 7) is 3.49. The Balaban J connectivity index is 2.61. The van der Waals surface area contributed by atoms with Gasteiger partial charge in [0.1, 0.15) is 0 Å². The third-order valence-electron chi connectivity index (χ3n) is 3.78. The van der Waals surface area contributed by atoms with E-state index in [1.165, 1.54) is 26.2 Å². The smallest absolute Gasteiger partial charge is 0.303 e. The van der Waals surface area contributed by atoms with Crippen molar-refractivity contribution in [2.24, 2.45) is 5.92 Å². The SMILES string of the molecule is CC(=O)OC1CC(C)CC=CCCCCCCCC1=O. The average Bonchev–Trinajstić information content (AvgIpc) is 2.38. The maximum Gasteiger partial charge on any atom is 0.303 e. The molecular formula is C17H28O3. The van der Waals surface area contributed by atoms with E-state index < -0.39 is 6.10 Å². The summed E-state index contributed by atoms with van der Waals surface area (Å²) in [4.78, 5) is 23.3. The molecule has 0 fully saturated rings. The first-order valence-electron chi connectivity index (χ1n) is 7.94. The van der Waals surface area contributed by atoms with Crippen LogP contribution in [0.3, 0.4) is 0 Å². The summed E-state index contributed by atoms with van der Waals surface area (Å²) >= 11 is 0. The fourth-order valence-electron chi connectivity index (χ4n) is 2.61. The average molecular weight is 280 g/mol. The highest BCUT2D eigenvalue weighted by atomic mass is 16.5. The molecule has 0 heterocycles. The van der Waals surface area contributed by atoms with Crippen LogP contribution in [0.25, 0.3) is 0 Å². The third-order valence-corrected chi connectivity index (χ3v) is 3.78. The number of carbonyl (C=O) groups is 2. The molecule has 2 unspecified atom stereocenters. The van der Waals surface area contributed by atoms with Crippen molar-refractivity contribution in [3.8, 4) is 0 Å². The maximum absolute atomic E-state index is 12.2. The Bertz CT molecular complexity index is 333. The van der Waals surface area contributed by atoms with E-state index in [0.29, 0.717) is 18.8 Å². The zero-order chi connectivity index (χ0) is 14.8. The van der Waals surface area contributed by atoms with Crippen LogP contribution in [0.5, 0.6) is 0 Å². The van der Waals surface area contributed by atoms with Crippen molar-refractivity contribution >= 4 is 11.8 Å². The molecule has 20 heavy (non-hydrogen) atoms. The molecule has 0 N–H and O–H groups in total.